The van der Waals surface area contributed by atoms with Crippen LogP contribution in [0.4, 0.5) is 0 Å². The van der Waals surface area contributed by atoms with E-state index >= 15 is 0 Å². The number of aryl methyl sites for hydroxylation is 1. The zero-order chi connectivity index (χ0) is 9.84. The molecular formula is C11H16O2. The van der Waals surface area contributed by atoms with Gasteiger partial charge in [0.2, 0.25) is 0 Å². The highest BCUT2D eigenvalue weighted by Gasteiger charge is 2.12. The first-order chi connectivity index (χ1) is 6.11. The molecule has 1 aromatic rings. The maximum Gasteiger partial charge on any atom is 0.0836 e. The van der Waals surface area contributed by atoms with E-state index in [1.165, 1.54) is 0 Å². The Morgan fingerprint density at radius 2 is 1.85 bits per heavy atom. The van der Waals surface area contributed by atoms with E-state index in [2.05, 4.69) is 0 Å². The average Bonchev–Trinajstić information content (AvgIpc) is 2.08. The standard InChI is InChI=1S/C11H16O2/c1-8-5-3-4-6-10(8)7-11(13)9(2)12/h3-6,9,11-13H,7H2,1-2H3. The fourth-order valence-electron chi connectivity index (χ4n) is 1.23. The topological polar surface area (TPSA) is 40.5 Å². The molecule has 0 aliphatic rings. The molecule has 0 aliphatic heterocycles. The SMILES string of the molecule is Cc1ccccc1CC(O)C(C)O. The summed E-state index contributed by atoms with van der Waals surface area (Å²) in [7, 11) is 0. The first-order valence-electron chi connectivity index (χ1n) is 4.52. The predicted octanol–water partition coefficient (Wildman–Crippen LogP) is 1.28. The van der Waals surface area contributed by atoms with Crippen LogP contribution in [0, 0.1) is 6.92 Å². The molecule has 0 fully saturated rings. The Hall–Kier alpha value is -0.860. The van der Waals surface area contributed by atoms with Crippen molar-refractivity contribution in [2.24, 2.45) is 0 Å². The smallest absolute Gasteiger partial charge is 0.0836 e. The Bertz CT molecular complexity index is 269. The minimum Gasteiger partial charge on any atom is -0.391 e. The molecule has 13 heavy (non-hydrogen) atoms. The third-order valence-electron chi connectivity index (χ3n) is 2.25. The van der Waals surface area contributed by atoms with Crippen LogP contribution in [0.3, 0.4) is 0 Å². The summed E-state index contributed by atoms with van der Waals surface area (Å²) in [4.78, 5) is 0. The third-order valence-corrected chi connectivity index (χ3v) is 2.25. The summed E-state index contributed by atoms with van der Waals surface area (Å²) >= 11 is 0. The summed E-state index contributed by atoms with van der Waals surface area (Å²) in [6.45, 7) is 3.60. The average molecular weight is 180 g/mol. The van der Waals surface area contributed by atoms with Crippen LogP contribution < -0.4 is 0 Å². The Morgan fingerprint density at radius 1 is 1.23 bits per heavy atom. The Kier molecular flexibility index (Phi) is 3.46. The lowest BCUT2D eigenvalue weighted by Gasteiger charge is -2.14. The Balaban J connectivity index is 2.69. The second kappa shape index (κ2) is 4.40. The van der Waals surface area contributed by atoms with Crippen molar-refractivity contribution in [1.29, 1.82) is 0 Å². The first-order valence-corrected chi connectivity index (χ1v) is 4.52. The van der Waals surface area contributed by atoms with Gasteiger partial charge in [0.05, 0.1) is 12.2 Å². The normalized spacial score (nSPS) is 15.4. The molecule has 2 nitrogen and oxygen atoms in total. The summed E-state index contributed by atoms with van der Waals surface area (Å²) < 4.78 is 0. The monoisotopic (exact) mass is 180 g/mol. The van der Waals surface area contributed by atoms with Crippen molar-refractivity contribution < 1.29 is 10.2 Å². The van der Waals surface area contributed by atoms with Crippen molar-refractivity contribution in [3.8, 4) is 0 Å². The molecule has 72 valence electrons. The van der Waals surface area contributed by atoms with Crippen molar-refractivity contribution in [2.45, 2.75) is 32.5 Å². The van der Waals surface area contributed by atoms with Crippen LogP contribution >= 0.6 is 0 Å². The molecule has 2 unspecified atom stereocenters. The lowest BCUT2D eigenvalue weighted by atomic mass is 10.0. The molecule has 0 saturated heterocycles. The van der Waals surface area contributed by atoms with Crippen LogP contribution in [-0.2, 0) is 6.42 Å². The van der Waals surface area contributed by atoms with Gasteiger partial charge in [-0.2, -0.15) is 0 Å². The van der Waals surface area contributed by atoms with Crippen molar-refractivity contribution in [1.82, 2.24) is 0 Å². The summed E-state index contributed by atoms with van der Waals surface area (Å²) in [5.74, 6) is 0. The van der Waals surface area contributed by atoms with E-state index in [9.17, 15) is 5.11 Å². The second-order valence-corrected chi connectivity index (χ2v) is 3.44. The highest BCUT2D eigenvalue weighted by Crippen LogP contribution is 2.11. The fourth-order valence-corrected chi connectivity index (χ4v) is 1.23. The molecule has 0 aliphatic carbocycles. The molecule has 0 spiro atoms. The highest BCUT2D eigenvalue weighted by atomic mass is 16.3. The van der Waals surface area contributed by atoms with Gasteiger partial charge in [0.1, 0.15) is 0 Å². The molecule has 0 heterocycles. The zero-order valence-corrected chi connectivity index (χ0v) is 8.07. The van der Waals surface area contributed by atoms with Gasteiger partial charge in [-0.3, -0.25) is 0 Å². The van der Waals surface area contributed by atoms with E-state index in [0.29, 0.717) is 6.42 Å². The molecule has 1 aromatic carbocycles. The lowest BCUT2D eigenvalue weighted by molar-refractivity contribution is 0.0319. The second-order valence-electron chi connectivity index (χ2n) is 3.44. The summed E-state index contributed by atoms with van der Waals surface area (Å²) in [5.41, 5.74) is 2.25. The van der Waals surface area contributed by atoms with Crippen LogP contribution in [0.1, 0.15) is 18.1 Å². The predicted molar refractivity (Wildman–Crippen MR) is 52.6 cm³/mol. The molecule has 0 radical (unpaired) electrons. The molecule has 0 aromatic heterocycles. The van der Waals surface area contributed by atoms with E-state index in [0.717, 1.165) is 11.1 Å². The maximum atomic E-state index is 9.45. The molecule has 1 rings (SSSR count). The lowest BCUT2D eigenvalue weighted by Crippen LogP contribution is -2.25. The first kappa shape index (κ1) is 10.2. The molecule has 2 heteroatoms. The van der Waals surface area contributed by atoms with Crippen LogP contribution in [0.5, 0.6) is 0 Å². The number of hydrogen-bond donors (Lipinski definition) is 2. The quantitative estimate of drug-likeness (QED) is 0.735. The van der Waals surface area contributed by atoms with Gasteiger partial charge in [-0.25, -0.2) is 0 Å². The van der Waals surface area contributed by atoms with E-state index in [-0.39, 0.29) is 0 Å². The van der Waals surface area contributed by atoms with E-state index < -0.39 is 12.2 Å². The fraction of sp³-hybridized carbons (Fsp3) is 0.455. The van der Waals surface area contributed by atoms with Gasteiger partial charge in [-0.05, 0) is 25.0 Å². The van der Waals surface area contributed by atoms with Crippen molar-refractivity contribution in [3.05, 3.63) is 35.4 Å². The van der Waals surface area contributed by atoms with Crippen LogP contribution in [0.25, 0.3) is 0 Å². The Labute approximate surface area is 78.8 Å². The van der Waals surface area contributed by atoms with Crippen LogP contribution in [0.2, 0.25) is 0 Å². The summed E-state index contributed by atoms with van der Waals surface area (Å²) in [6.07, 6.45) is -0.814. The number of hydrogen-bond acceptors (Lipinski definition) is 2. The minimum atomic E-state index is -0.667. The third kappa shape index (κ3) is 2.83. The molecule has 2 N–H and O–H groups in total. The number of rotatable bonds is 3. The van der Waals surface area contributed by atoms with Gasteiger partial charge in [-0.15, -0.1) is 0 Å². The van der Waals surface area contributed by atoms with Crippen molar-refractivity contribution >= 4 is 0 Å². The van der Waals surface area contributed by atoms with E-state index in [1.54, 1.807) is 6.92 Å². The van der Waals surface area contributed by atoms with Crippen LogP contribution in [0.15, 0.2) is 24.3 Å². The van der Waals surface area contributed by atoms with Gasteiger partial charge in [0.15, 0.2) is 0 Å². The van der Waals surface area contributed by atoms with Crippen molar-refractivity contribution in [2.75, 3.05) is 0 Å². The zero-order valence-electron chi connectivity index (χ0n) is 8.07. The van der Waals surface area contributed by atoms with Gasteiger partial charge in [0.25, 0.3) is 0 Å². The van der Waals surface area contributed by atoms with Gasteiger partial charge < -0.3 is 10.2 Å². The maximum absolute atomic E-state index is 9.45. The number of aliphatic hydroxyl groups excluding tert-OH is 2. The van der Waals surface area contributed by atoms with Gasteiger partial charge in [0, 0.05) is 6.42 Å². The molecule has 0 bridgehead atoms. The van der Waals surface area contributed by atoms with E-state index in [4.69, 9.17) is 5.11 Å². The number of benzene rings is 1. The Morgan fingerprint density at radius 3 is 2.38 bits per heavy atom. The highest BCUT2D eigenvalue weighted by molar-refractivity contribution is 5.26. The minimum absolute atomic E-state index is 0.518. The summed E-state index contributed by atoms with van der Waals surface area (Å²) in [5, 5.41) is 18.6. The number of aliphatic hydroxyl groups is 2. The van der Waals surface area contributed by atoms with Crippen molar-refractivity contribution in [3.63, 3.8) is 0 Å². The van der Waals surface area contributed by atoms with Gasteiger partial charge in [-0.1, -0.05) is 24.3 Å². The largest absolute Gasteiger partial charge is 0.391 e. The molecule has 2 atom stereocenters. The molecular weight excluding hydrogens is 164 g/mol. The van der Waals surface area contributed by atoms with Crippen LogP contribution in [-0.4, -0.2) is 22.4 Å². The summed E-state index contributed by atoms with van der Waals surface area (Å²) in [6, 6.07) is 7.88. The molecule has 0 amide bonds. The molecule has 0 saturated carbocycles. The van der Waals surface area contributed by atoms with Gasteiger partial charge >= 0.3 is 0 Å². The van der Waals surface area contributed by atoms with E-state index in [1.807, 2.05) is 31.2 Å².